The highest BCUT2D eigenvalue weighted by atomic mass is 16.3. The van der Waals surface area contributed by atoms with Gasteiger partial charge in [-0.05, 0) is 24.1 Å². The van der Waals surface area contributed by atoms with Crippen LogP contribution in [0.15, 0.2) is 30.3 Å². The minimum atomic E-state index is -0.158. The normalized spacial score (nSPS) is 10.3. The smallest absolute Gasteiger partial charge is 0.229 e. The van der Waals surface area contributed by atoms with E-state index in [-0.39, 0.29) is 18.1 Å². The first kappa shape index (κ1) is 12.2. The van der Waals surface area contributed by atoms with Crippen LogP contribution in [0.5, 0.6) is 5.75 Å². The van der Waals surface area contributed by atoms with Gasteiger partial charge in [-0.25, -0.2) is 0 Å². The molecule has 0 saturated heterocycles. The molecule has 18 heavy (non-hydrogen) atoms. The van der Waals surface area contributed by atoms with Crippen molar-refractivity contribution in [1.29, 1.82) is 0 Å². The Morgan fingerprint density at radius 3 is 2.94 bits per heavy atom. The van der Waals surface area contributed by atoms with E-state index >= 15 is 0 Å². The average molecular weight is 245 g/mol. The molecule has 0 saturated carbocycles. The van der Waals surface area contributed by atoms with Gasteiger partial charge in [0, 0.05) is 11.8 Å². The first-order chi connectivity index (χ1) is 8.67. The third-order valence-electron chi connectivity index (χ3n) is 2.55. The molecule has 0 atom stereocenters. The molecule has 2 aromatic rings. The molecule has 0 spiro atoms. The van der Waals surface area contributed by atoms with Crippen molar-refractivity contribution < 1.29 is 9.90 Å². The number of nitrogens with zero attached hydrogens (tertiary/aromatic N) is 1. The number of H-pyrrole nitrogens is 1. The summed E-state index contributed by atoms with van der Waals surface area (Å²) in [7, 11) is 0. The SMILES string of the molecule is CCc1cc(NC(=O)Cc2cccc(O)c2)n[nH]1. The molecule has 3 N–H and O–H groups in total. The Morgan fingerprint density at radius 1 is 1.44 bits per heavy atom. The Morgan fingerprint density at radius 2 is 2.28 bits per heavy atom. The van der Waals surface area contributed by atoms with Crippen LogP contribution in [0.4, 0.5) is 5.82 Å². The highest BCUT2D eigenvalue weighted by Gasteiger charge is 2.07. The summed E-state index contributed by atoms with van der Waals surface area (Å²) in [5, 5.41) is 18.8. The summed E-state index contributed by atoms with van der Waals surface area (Å²) in [6.45, 7) is 2.01. The van der Waals surface area contributed by atoms with Gasteiger partial charge in [0.05, 0.1) is 6.42 Å². The quantitative estimate of drug-likeness (QED) is 0.769. The molecule has 0 fully saturated rings. The topological polar surface area (TPSA) is 78.0 Å². The van der Waals surface area contributed by atoms with E-state index < -0.39 is 0 Å². The Kier molecular flexibility index (Phi) is 3.62. The van der Waals surface area contributed by atoms with E-state index in [0.29, 0.717) is 5.82 Å². The molecule has 0 aliphatic rings. The molecule has 0 bridgehead atoms. The van der Waals surface area contributed by atoms with Crippen LogP contribution < -0.4 is 5.32 Å². The predicted octanol–water partition coefficient (Wildman–Crippen LogP) is 1.86. The van der Waals surface area contributed by atoms with Gasteiger partial charge < -0.3 is 10.4 Å². The number of anilines is 1. The Hall–Kier alpha value is -2.30. The van der Waals surface area contributed by atoms with Gasteiger partial charge >= 0.3 is 0 Å². The molecule has 1 heterocycles. The molecule has 2 rings (SSSR count). The number of hydrogen-bond acceptors (Lipinski definition) is 3. The fourth-order valence-corrected chi connectivity index (χ4v) is 1.65. The van der Waals surface area contributed by atoms with Crippen LogP contribution >= 0.6 is 0 Å². The van der Waals surface area contributed by atoms with Gasteiger partial charge in [0.1, 0.15) is 5.75 Å². The summed E-state index contributed by atoms with van der Waals surface area (Å²) < 4.78 is 0. The molecule has 1 amide bonds. The molecule has 1 aromatic carbocycles. The van der Waals surface area contributed by atoms with Gasteiger partial charge in [0.2, 0.25) is 5.91 Å². The lowest BCUT2D eigenvalue weighted by Gasteiger charge is -2.02. The number of amides is 1. The van der Waals surface area contributed by atoms with Crippen LogP contribution in [-0.4, -0.2) is 21.2 Å². The maximum Gasteiger partial charge on any atom is 0.229 e. The fraction of sp³-hybridized carbons (Fsp3) is 0.231. The van der Waals surface area contributed by atoms with E-state index in [2.05, 4.69) is 15.5 Å². The molecule has 0 radical (unpaired) electrons. The van der Waals surface area contributed by atoms with Gasteiger partial charge in [-0.1, -0.05) is 19.1 Å². The number of benzene rings is 1. The highest BCUT2D eigenvalue weighted by Crippen LogP contribution is 2.12. The zero-order chi connectivity index (χ0) is 13.0. The van der Waals surface area contributed by atoms with Crippen LogP contribution in [0.3, 0.4) is 0 Å². The average Bonchev–Trinajstić information content (AvgIpc) is 2.76. The number of hydrogen-bond donors (Lipinski definition) is 3. The van der Waals surface area contributed by atoms with Crippen molar-refractivity contribution in [2.75, 3.05) is 5.32 Å². The van der Waals surface area contributed by atoms with Gasteiger partial charge in [0.25, 0.3) is 0 Å². The summed E-state index contributed by atoms with van der Waals surface area (Å²) in [5.41, 5.74) is 1.74. The maximum absolute atomic E-state index is 11.7. The van der Waals surface area contributed by atoms with Crippen LogP contribution in [0.2, 0.25) is 0 Å². The minimum Gasteiger partial charge on any atom is -0.508 e. The van der Waals surface area contributed by atoms with Crippen LogP contribution in [0, 0.1) is 0 Å². The van der Waals surface area contributed by atoms with Crippen molar-refractivity contribution >= 4 is 11.7 Å². The molecule has 0 aliphatic carbocycles. The number of nitrogens with one attached hydrogen (secondary N) is 2. The number of aromatic nitrogens is 2. The van der Waals surface area contributed by atoms with Gasteiger partial charge in [-0.15, -0.1) is 0 Å². The lowest BCUT2D eigenvalue weighted by atomic mass is 10.1. The van der Waals surface area contributed by atoms with Crippen LogP contribution in [0.25, 0.3) is 0 Å². The van der Waals surface area contributed by atoms with Crippen LogP contribution in [0.1, 0.15) is 18.2 Å². The second-order valence-electron chi connectivity index (χ2n) is 4.03. The molecule has 5 heteroatoms. The second-order valence-corrected chi connectivity index (χ2v) is 4.03. The Bertz CT molecular complexity index is 549. The number of aromatic amines is 1. The molecule has 0 aliphatic heterocycles. The third kappa shape index (κ3) is 3.10. The molecule has 0 unspecified atom stereocenters. The fourth-order valence-electron chi connectivity index (χ4n) is 1.65. The number of aromatic hydroxyl groups is 1. The van der Waals surface area contributed by atoms with E-state index in [1.54, 1.807) is 30.3 Å². The van der Waals surface area contributed by atoms with Crippen molar-refractivity contribution in [2.24, 2.45) is 0 Å². The third-order valence-corrected chi connectivity index (χ3v) is 2.55. The number of phenols is 1. The number of rotatable bonds is 4. The monoisotopic (exact) mass is 245 g/mol. The maximum atomic E-state index is 11.7. The number of aryl methyl sites for hydroxylation is 1. The van der Waals surface area contributed by atoms with Crippen molar-refractivity contribution in [3.05, 3.63) is 41.6 Å². The molecule has 94 valence electrons. The molecule has 5 nitrogen and oxygen atoms in total. The zero-order valence-corrected chi connectivity index (χ0v) is 10.1. The number of phenolic OH excluding ortho intramolecular Hbond substituents is 1. The van der Waals surface area contributed by atoms with Gasteiger partial charge in [0.15, 0.2) is 5.82 Å². The lowest BCUT2D eigenvalue weighted by molar-refractivity contribution is -0.115. The summed E-state index contributed by atoms with van der Waals surface area (Å²) in [6.07, 6.45) is 1.05. The Labute approximate surface area is 105 Å². The standard InChI is InChI=1S/C13H15N3O2/c1-2-10-8-12(16-15-10)14-13(18)7-9-4-3-5-11(17)6-9/h3-6,8,17H,2,7H2,1H3,(H2,14,15,16,18). The lowest BCUT2D eigenvalue weighted by Crippen LogP contribution is -2.14. The van der Waals surface area contributed by atoms with Gasteiger partial charge in [-0.2, -0.15) is 5.10 Å². The predicted molar refractivity (Wildman–Crippen MR) is 68.4 cm³/mol. The van der Waals surface area contributed by atoms with Crippen molar-refractivity contribution in [2.45, 2.75) is 19.8 Å². The van der Waals surface area contributed by atoms with E-state index in [9.17, 15) is 9.90 Å². The van der Waals surface area contributed by atoms with E-state index in [4.69, 9.17) is 0 Å². The number of carbonyl (C=O) groups excluding carboxylic acids is 1. The van der Waals surface area contributed by atoms with Crippen molar-refractivity contribution in [3.8, 4) is 5.75 Å². The molecular formula is C13H15N3O2. The first-order valence-electron chi connectivity index (χ1n) is 5.79. The minimum absolute atomic E-state index is 0.158. The van der Waals surface area contributed by atoms with Gasteiger partial charge in [-0.3, -0.25) is 9.89 Å². The van der Waals surface area contributed by atoms with E-state index in [1.807, 2.05) is 6.92 Å². The molecule has 1 aromatic heterocycles. The van der Waals surface area contributed by atoms with Crippen LogP contribution in [-0.2, 0) is 17.6 Å². The summed E-state index contributed by atoms with van der Waals surface area (Å²) in [4.78, 5) is 11.7. The van der Waals surface area contributed by atoms with E-state index in [1.165, 1.54) is 0 Å². The van der Waals surface area contributed by atoms with Crippen molar-refractivity contribution in [1.82, 2.24) is 10.2 Å². The first-order valence-corrected chi connectivity index (χ1v) is 5.79. The number of carbonyl (C=O) groups is 1. The summed E-state index contributed by atoms with van der Waals surface area (Å²) in [6, 6.07) is 8.45. The van der Waals surface area contributed by atoms with Crippen molar-refractivity contribution in [3.63, 3.8) is 0 Å². The molecular weight excluding hydrogens is 230 g/mol. The summed E-state index contributed by atoms with van der Waals surface area (Å²) >= 11 is 0. The largest absolute Gasteiger partial charge is 0.508 e. The highest BCUT2D eigenvalue weighted by molar-refractivity contribution is 5.91. The zero-order valence-electron chi connectivity index (χ0n) is 10.1. The van der Waals surface area contributed by atoms with E-state index in [0.717, 1.165) is 17.7 Å². The summed E-state index contributed by atoms with van der Waals surface area (Å²) in [5.74, 6) is 0.528. The Balaban J connectivity index is 1.96. The second kappa shape index (κ2) is 5.35.